The lowest BCUT2D eigenvalue weighted by Gasteiger charge is -2.19. The number of hydrogen-bond donors (Lipinski definition) is 3. The molecular weight excluding hydrogens is 364 g/mol. The lowest BCUT2D eigenvalue weighted by Crippen LogP contribution is -2.21. The van der Waals surface area contributed by atoms with E-state index >= 15 is 0 Å². The summed E-state index contributed by atoms with van der Waals surface area (Å²) in [5.74, 6) is 5.84. The van der Waals surface area contributed by atoms with E-state index in [1.165, 1.54) is 0 Å². The monoisotopic (exact) mass is 394 g/mol. The zero-order valence-corrected chi connectivity index (χ0v) is 16.8. The third-order valence-corrected chi connectivity index (χ3v) is 5.57. The summed E-state index contributed by atoms with van der Waals surface area (Å²) in [6.07, 6.45) is 6.96. The molecule has 0 aromatic carbocycles. The maximum Gasteiger partial charge on any atom is 0.328 e. The van der Waals surface area contributed by atoms with Crippen molar-refractivity contribution in [2.75, 3.05) is 11.5 Å². The first-order valence-electron chi connectivity index (χ1n) is 9.36. The second kappa shape index (κ2) is 12.8. The van der Waals surface area contributed by atoms with Crippen molar-refractivity contribution < 1.29 is 24.9 Å². The molecule has 1 saturated carbocycles. The Bertz CT molecular complexity index is 601. The molecule has 0 amide bonds. The smallest absolute Gasteiger partial charge is 0.328 e. The van der Waals surface area contributed by atoms with E-state index in [0.29, 0.717) is 24.3 Å². The lowest BCUT2D eigenvalue weighted by atomic mass is 9.90. The van der Waals surface area contributed by atoms with Crippen molar-refractivity contribution >= 4 is 23.5 Å². The number of ketones is 1. The maximum absolute atomic E-state index is 12.2. The van der Waals surface area contributed by atoms with Gasteiger partial charge in [0.05, 0.1) is 12.2 Å². The summed E-state index contributed by atoms with van der Waals surface area (Å²) in [6.45, 7) is 3.90. The van der Waals surface area contributed by atoms with Gasteiger partial charge in [0.15, 0.2) is 0 Å². The van der Waals surface area contributed by atoms with Gasteiger partial charge in [-0.2, -0.15) is 11.8 Å². The Balaban J connectivity index is 2.54. The van der Waals surface area contributed by atoms with Crippen LogP contribution in [0.2, 0.25) is 0 Å². The Morgan fingerprint density at radius 1 is 1.41 bits per heavy atom. The quantitative estimate of drug-likeness (QED) is 0.228. The number of aliphatic carboxylic acids is 1. The largest absolute Gasteiger partial charge is 0.478 e. The minimum Gasteiger partial charge on any atom is -0.478 e. The van der Waals surface area contributed by atoms with Crippen LogP contribution in [-0.2, 0) is 9.59 Å². The molecule has 3 N–H and O–H groups in total. The highest BCUT2D eigenvalue weighted by atomic mass is 32.2. The number of carboxylic acid groups (broad SMARTS) is 1. The molecule has 1 aliphatic rings. The van der Waals surface area contributed by atoms with Crippen LogP contribution < -0.4 is 0 Å². The highest BCUT2D eigenvalue weighted by Crippen LogP contribution is 2.34. The van der Waals surface area contributed by atoms with Gasteiger partial charge in [-0.1, -0.05) is 32.1 Å². The van der Waals surface area contributed by atoms with E-state index < -0.39 is 18.2 Å². The van der Waals surface area contributed by atoms with E-state index in [0.717, 1.165) is 12.5 Å². The zero-order valence-electron chi connectivity index (χ0n) is 16.0. The van der Waals surface area contributed by atoms with Crippen LogP contribution in [0.15, 0.2) is 24.3 Å². The van der Waals surface area contributed by atoms with Crippen molar-refractivity contribution in [1.29, 1.82) is 0 Å². The van der Waals surface area contributed by atoms with Crippen LogP contribution in [0.1, 0.15) is 39.5 Å². The molecule has 6 heteroatoms. The molecule has 1 aliphatic carbocycles. The summed E-state index contributed by atoms with van der Waals surface area (Å²) in [7, 11) is 0. The van der Waals surface area contributed by atoms with Gasteiger partial charge in [0.25, 0.3) is 0 Å². The summed E-state index contributed by atoms with van der Waals surface area (Å²) in [5, 5.41) is 29.0. The van der Waals surface area contributed by atoms with Crippen LogP contribution >= 0.6 is 11.8 Å². The molecule has 0 aliphatic heterocycles. The third-order valence-electron chi connectivity index (χ3n) is 4.62. The summed E-state index contributed by atoms with van der Waals surface area (Å²) < 4.78 is 0. The van der Waals surface area contributed by atoms with E-state index in [4.69, 9.17) is 5.11 Å². The second-order valence-electron chi connectivity index (χ2n) is 6.79. The van der Waals surface area contributed by atoms with Crippen molar-refractivity contribution in [2.24, 2.45) is 17.8 Å². The van der Waals surface area contributed by atoms with Crippen LogP contribution in [0, 0.1) is 29.6 Å². The molecule has 0 aromatic rings. The SMILES string of the molecule is CCC#CCC(C)C(O)/C=C/[C@H]1[C@H](O)CC(=O)[C@@H]1CCSC/C=C/C(=O)O. The van der Waals surface area contributed by atoms with E-state index in [1.54, 1.807) is 30.0 Å². The van der Waals surface area contributed by atoms with Crippen LogP contribution in [0.3, 0.4) is 0 Å². The van der Waals surface area contributed by atoms with Crippen molar-refractivity contribution in [2.45, 2.75) is 51.7 Å². The van der Waals surface area contributed by atoms with Gasteiger partial charge in [0.2, 0.25) is 0 Å². The van der Waals surface area contributed by atoms with Gasteiger partial charge in [-0.05, 0) is 18.1 Å². The van der Waals surface area contributed by atoms with E-state index in [2.05, 4.69) is 11.8 Å². The number of aliphatic hydroxyl groups excluding tert-OH is 2. The van der Waals surface area contributed by atoms with Crippen molar-refractivity contribution in [3.8, 4) is 11.8 Å². The summed E-state index contributed by atoms with van der Waals surface area (Å²) in [5.41, 5.74) is 0. The van der Waals surface area contributed by atoms with Gasteiger partial charge in [-0.3, -0.25) is 4.79 Å². The highest BCUT2D eigenvalue weighted by Gasteiger charge is 2.39. The predicted molar refractivity (Wildman–Crippen MR) is 108 cm³/mol. The molecule has 0 radical (unpaired) electrons. The lowest BCUT2D eigenvalue weighted by molar-refractivity contribution is -0.131. The Labute approximate surface area is 165 Å². The normalized spacial score (nSPS) is 24.9. The molecule has 0 bridgehead atoms. The minimum absolute atomic E-state index is 0.00965. The number of hydrogen-bond acceptors (Lipinski definition) is 5. The predicted octanol–water partition coefficient (Wildman–Crippen LogP) is 2.67. The van der Waals surface area contributed by atoms with Crippen LogP contribution in [0.4, 0.5) is 0 Å². The first-order valence-corrected chi connectivity index (χ1v) is 10.5. The van der Waals surface area contributed by atoms with Crippen LogP contribution in [-0.4, -0.2) is 50.8 Å². The molecule has 0 saturated heterocycles. The Hall–Kier alpha value is -1.55. The molecule has 2 unspecified atom stereocenters. The fourth-order valence-electron chi connectivity index (χ4n) is 3.01. The molecule has 5 nitrogen and oxygen atoms in total. The molecular formula is C21H30O5S. The number of thioether (sulfide) groups is 1. The highest BCUT2D eigenvalue weighted by molar-refractivity contribution is 7.99. The first-order chi connectivity index (χ1) is 12.9. The molecule has 1 fully saturated rings. The topological polar surface area (TPSA) is 94.8 Å². The minimum atomic E-state index is -0.969. The van der Waals surface area contributed by atoms with Gasteiger partial charge in [0.1, 0.15) is 5.78 Å². The molecule has 0 spiro atoms. The molecule has 0 heterocycles. The fraction of sp³-hybridized carbons (Fsp3) is 0.619. The Morgan fingerprint density at radius 2 is 2.15 bits per heavy atom. The van der Waals surface area contributed by atoms with Gasteiger partial charge >= 0.3 is 5.97 Å². The Kier molecular flexibility index (Phi) is 11.1. The number of Topliss-reactive ketones (excluding diaryl/α,β-unsaturated/α-hetero) is 1. The molecule has 27 heavy (non-hydrogen) atoms. The van der Waals surface area contributed by atoms with Crippen molar-refractivity contribution in [3.63, 3.8) is 0 Å². The van der Waals surface area contributed by atoms with Gasteiger partial charge in [-0.15, -0.1) is 11.8 Å². The average molecular weight is 395 g/mol. The number of aliphatic hydroxyl groups is 2. The van der Waals surface area contributed by atoms with E-state index in [1.807, 2.05) is 13.8 Å². The third kappa shape index (κ3) is 8.79. The molecule has 5 atom stereocenters. The number of carbonyl (C=O) groups is 2. The Morgan fingerprint density at radius 3 is 2.81 bits per heavy atom. The number of rotatable bonds is 10. The van der Waals surface area contributed by atoms with Crippen LogP contribution in [0.25, 0.3) is 0 Å². The van der Waals surface area contributed by atoms with Crippen molar-refractivity contribution in [1.82, 2.24) is 0 Å². The van der Waals surface area contributed by atoms with Crippen LogP contribution in [0.5, 0.6) is 0 Å². The maximum atomic E-state index is 12.2. The molecule has 1 rings (SSSR count). The standard InChI is InChI=1S/C21H30O5S/c1-3-4-5-7-15(2)18(22)10-9-16-17(20(24)14-19(16)23)11-13-27-12-6-8-21(25)26/h6,8-10,15-19,22-23H,3,7,11-14H2,1-2H3,(H,25,26)/b8-6+,10-9+/t15?,16-,17-,18?,19-/m1/s1. The van der Waals surface area contributed by atoms with Crippen molar-refractivity contribution in [3.05, 3.63) is 24.3 Å². The first kappa shape index (κ1) is 23.5. The summed E-state index contributed by atoms with van der Waals surface area (Å²) >= 11 is 1.56. The number of carboxylic acids is 1. The summed E-state index contributed by atoms with van der Waals surface area (Å²) in [6, 6.07) is 0. The zero-order chi connectivity index (χ0) is 20.2. The van der Waals surface area contributed by atoms with E-state index in [9.17, 15) is 19.8 Å². The van der Waals surface area contributed by atoms with Gasteiger partial charge in [-0.25, -0.2) is 4.79 Å². The summed E-state index contributed by atoms with van der Waals surface area (Å²) in [4.78, 5) is 22.6. The average Bonchev–Trinajstić information content (AvgIpc) is 2.88. The molecule has 150 valence electrons. The second-order valence-corrected chi connectivity index (χ2v) is 7.94. The van der Waals surface area contributed by atoms with Gasteiger partial charge in [0, 0.05) is 42.9 Å². The number of carbonyl (C=O) groups excluding carboxylic acids is 1. The molecule has 0 aromatic heterocycles. The van der Waals surface area contributed by atoms with E-state index in [-0.39, 0.29) is 30.0 Å². The van der Waals surface area contributed by atoms with Gasteiger partial charge < -0.3 is 15.3 Å². The fourth-order valence-corrected chi connectivity index (χ4v) is 3.83.